The lowest BCUT2D eigenvalue weighted by molar-refractivity contribution is 0.0139. The fraction of sp³-hybridized carbons (Fsp3) is 0.417. The van der Waals surface area contributed by atoms with Crippen molar-refractivity contribution in [2.75, 3.05) is 18.0 Å². The number of imidazole rings is 1. The summed E-state index contributed by atoms with van der Waals surface area (Å²) in [5.41, 5.74) is 17.6. The highest BCUT2D eigenvalue weighted by Gasteiger charge is 2.53. The second-order valence-corrected chi connectivity index (χ2v) is 9.77. The number of fused-ring (bicyclic) bond motifs is 2. The van der Waals surface area contributed by atoms with Gasteiger partial charge in [-0.2, -0.15) is 0 Å². The molecule has 1 spiro atoms. The number of nitrogens with one attached hydrogen (secondary N) is 1. The summed E-state index contributed by atoms with van der Waals surface area (Å²) in [7, 11) is 0. The zero-order chi connectivity index (χ0) is 22.9. The molecule has 0 bridgehead atoms. The number of benzene rings is 1. The number of nitrogens with two attached hydrogens (primary N) is 2. The zero-order valence-corrected chi connectivity index (χ0v) is 19.5. The zero-order valence-electron chi connectivity index (χ0n) is 18.8. The largest absolute Gasteiger partial charge is 0.359 e. The molecular formula is C24H28ClN7O. The Hall–Kier alpha value is -2.65. The predicted molar refractivity (Wildman–Crippen MR) is 130 cm³/mol. The summed E-state index contributed by atoms with van der Waals surface area (Å²) in [5.74, 6) is 0.893. The van der Waals surface area contributed by atoms with Crippen LogP contribution in [0.25, 0.3) is 27.7 Å². The molecule has 33 heavy (non-hydrogen) atoms. The molecule has 2 saturated heterocycles. The Labute approximate surface area is 196 Å². The average Bonchev–Trinajstić information content (AvgIpc) is 3.49. The molecule has 3 aromatic heterocycles. The summed E-state index contributed by atoms with van der Waals surface area (Å²) < 4.78 is 7.96. The van der Waals surface area contributed by atoms with Crippen molar-refractivity contribution in [2.24, 2.45) is 16.9 Å². The van der Waals surface area contributed by atoms with Gasteiger partial charge in [-0.1, -0.05) is 29.8 Å². The Morgan fingerprint density at radius 3 is 2.76 bits per heavy atom. The smallest absolute Gasteiger partial charge is 0.211 e. The third-order valence-corrected chi connectivity index (χ3v) is 8.03. The first-order valence-electron chi connectivity index (χ1n) is 11.4. The Morgan fingerprint density at radius 1 is 1.24 bits per heavy atom. The molecular weight excluding hydrogens is 438 g/mol. The number of hydrogen-bond acceptors (Lipinski definition) is 6. The second-order valence-electron chi connectivity index (χ2n) is 9.37. The molecule has 172 valence electrons. The highest BCUT2D eigenvalue weighted by Crippen LogP contribution is 2.45. The van der Waals surface area contributed by atoms with Gasteiger partial charge in [0.05, 0.1) is 22.3 Å². The fourth-order valence-electron chi connectivity index (χ4n) is 5.79. The number of para-hydroxylation sites is 1. The predicted octanol–water partition coefficient (Wildman–Crippen LogP) is 3.46. The van der Waals surface area contributed by atoms with Gasteiger partial charge in [-0.3, -0.25) is 4.40 Å². The van der Waals surface area contributed by atoms with E-state index < -0.39 is 0 Å². The number of rotatable bonds is 2. The summed E-state index contributed by atoms with van der Waals surface area (Å²) in [5, 5.41) is 1.70. The molecule has 5 heterocycles. The molecule has 2 aliphatic heterocycles. The number of halogens is 1. The molecule has 4 aromatic rings. The van der Waals surface area contributed by atoms with Crippen molar-refractivity contribution in [3.05, 3.63) is 47.5 Å². The van der Waals surface area contributed by atoms with E-state index in [1.54, 1.807) is 0 Å². The van der Waals surface area contributed by atoms with Crippen molar-refractivity contribution in [3.8, 4) is 11.1 Å². The Kier molecular flexibility index (Phi) is 4.71. The van der Waals surface area contributed by atoms with Crippen LogP contribution in [0.5, 0.6) is 0 Å². The van der Waals surface area contributed by atoms with Crippen LogP contribution in [0.1, 0.15) is 25.5 Å². The maximum absolute atomic E-state index is 6.53. The molecule has 1 aromatic carbocycles. The normalized spacial score (nSPS) is 25.0. The second kappa shape index (κ2) is 7.43. The van der Waals surface area contributed by atoms with Crippen LogP contribution in [-0.4, -0.2) is 50.8 Å². The van der Waals surface area contributed by atoms with Gasteiger partial charge in [0, 0.05) is 59.7 Å². The molecule has 0 saturated carbocycles. The SMILES string of the molecule is Cc1nc(N2CCC3(CC2)C(N)O[C@@H](C)[C@H]3N)n2ccnc2c1-c1cccc2c(Cl)c[nH]c12. The lowest BCUT2D eigenvalue weighted by atomic mass is 9.71. The van der Waals surface area contributed by atoms with E-state index in [4.69, 9.17) is 37.8 Å². The van der Waals surface area contributed by atoms with Crippen molar-refractivity contribution >= 4 is 34.1 Å². The molecule has 2 aliphatic rings. The van der Waals surface area contributed by atoms with Crippen molar-refractivity contribution in [2.45, 2.75) is 45.1 Å². The number of aromatic nitrogens is 4. The first kappa shape index (κ1) is 20.9. The third kappa shape index (κ3) is 2.94. The minimum atomic E-state index is -0.317. The number of H-pyrrole nitrogens is 1. The highest BCUT2D eigenvalue weighted by atomic mass is 35.5. The maximum Gasteiger partial charge on any atom is 0.211 e. The number of piperidine rings is 1. The molecule has 5 N–H and O–H groups in total. The molecule has 0 amide bonds. The average molecular weight is 466 g/mol. The Bertz CT molecular complexity index is 1350. The van der Waals surface area contributed by atoms with E-state index in [0.717, 1.165) is 65.3 Å². The van der Waals surface area contributed by atoms with Crippen LogP contribution in [0.15, 0.2) is 36.8 Å². The van der Waals surface area contributed by atoms with Crippen LogP contribution in [0.4, 0.5) is 5.95 Å². The molecule has 9 heteroatoms. The molecule has 3 atom stereocenters. The number of hydrogen-bond donors (Lipinski definition) is 3. The van der Waals surface area contributed by atoms with E-state index in [-0.39, 0.29) is 23.8 Å². The van der Waals surface area contributed by atoms with Crippen molar-refractivity contribution in [1.82, 2.24) is 19.4 Å². The fourth-order valence-corrected chi connectivity index (χ4v) is 6.00. The van der Waals surface area contributed by atoms with Crippen LogP contribution in [0.2, 0.25) is 5.02 Å². The van der Waals surface area contributed by atoms with Crippen molar-refractivity contribution < 1.29 is 4.74 Å². The van der Waals surface area contributed by atoms with Crippen LogP contribution in [0.3, 0.4) is 0 Å². The minimum Gasteiger partial charge on any atom is -0.359 e. The van der Waals surface area contributed by atoms with Gasteiger partial charge in [0.15, 0.2) is 0 Å². The van der Waals surface area contributed by atoms with Gasteiger partial charge in [0.1, 0.15) is 11.9 Å². The number of anilines is 1. The van der Waals surface area contributed by atoms with Crippen LogP contribution >= 0.6 is 11.6 Å². The van der Waals surface area contributed by atoms with E-state index in [9.17, 15) is 0 Å². The highest BCUT2D eigenvalue weighted by molar-refractivity contribution is 6.36. The van der Waals surface area contributed by atoms with E-state index in [2.05, 4.69) is 20.4 Å². The topological polar surface area (TPSA) is 110 Å². The first-order chi connectivity index (χ1) is 15.9. The summed E-state index contributed by atoms with van der Waals surface area (Å²) in [4.78, 5) is 15.4. The summed E-state index contributed by atoms with van der Waals surface area (Å²) in [6.07, 6.45) is 7.04. The molecule has 6 rings (SSSR count). The van der Waals surface area contributed by atoms with Gasteiger partial charge in [0.25, 0.3) is 0 Å². The van der Waals surface area contributed by atoms with Gasteiger partial charge in [-0.15, -0.1) is 0 Å². The van der Waals surface area contributed by atoms with E-state index in [0.29, 0.717) is 5.02 Å². The Morgan fingerprint density at radius 2 is 2.03 bits per heavy atom. The van der Waals surface area contributed by atoms with Crippen LogP contribution < -0.4 is 16.4 Å². The molecule has 2 fully saturated rings. The lowest BCUT2D eigenvalue weighted by Gasteiger charge is -2.43. The van der Waals surface area contributed by atoms with Gasteiger partial charge >= 0.3 is 0 Å². The maximum atomic E-state index is 6.53. The van der Waals surface area contributed by atoms with Crippen LogP contribution in [0, 0.1) is 12.3 Å². The van der Waals surface area contributed by atoms with E-state index >= 15 is 0 Å². The van der Waals surface area contributed by atoms with E-state index in [1.165, 1.54) is 0 Å². The van der Waals surface area contributed by atoms with Gasteiger partial charge in [0.2, 0.25) is 5.95 Å². The number of aryl methyl sites for hydroxylation is 1. The van der Waals surface area contributed by atoms with Gasteiger partial charge in [-0.05, 0) is 26.7 Å². The van der Waals surface area contributed by atoms with Crippen molar-refractivity contribution in [1.29, 1.82) is 0 Å². The first-order valence-corrected chi connectivity index (χ1v) is 11.8. The monoisotopic (exact) mass is 465 g/mol. The molecule has 8 nitrogen and oxygen atoms in total. The quantitative estimate of drug-likeness (QED) is 0.418. The molecule has 0 radical (unpaired) electrons. The lowest BCUT2D eigenvalue weighted by Crippen LogP contribution is -2.55. The van der Waals surface area contributed by atoms with Gasteiger partial charge < -0.3 is 26.1 Å². The standard InChI is InChI=1S/C24H28ClN7O/c1-13-18(16-5-3-4-15-17(25)12-29-19(15)16)21-28-8-11-32(21)23(30-13)31-9-6-24(7-10-31)20(26)14(2)33-22(24)27/h3-5,8,11-12,14,20,22,29H,6-7,9-10,26-27H2,1-2H3/t14-,20+,22?/m0/s1. The molecule has 1 unspecified atom stereocenters. The summed E-state index contributed by atoms with van der Waals surface area (Å²) in [6, 6.07) is 6.07. The van der Waals surface area contributed by atoms with Crippen molar-refractivity contribution in [3.63, 3.8) is 0 Å². The molecule has 0 aliphatic carbocycles. The van der Waals surface area contributed by atoms with Gasteiger partial charge in [-0.25, -0.2) is 9.97 Å². The number of aromatic amines is 1. The third-order valence-electron chi connectivity index (χ3n) is 7.72. The van der Waals surface area contributed by atoms with Crippen LogP contribution in [-0.2, 0) is 4.74 Å². The Balaban J connectivity index is 1.40. The number of ether oxygens (including phenoxy) is 1. The van der Waals surface area contributed by atoms with E-state index in [1.807, 2.05) is 44.6 Å². The summed E-state index contributed by atoms with van der Waals surface area (Å²) >= 11 is 6.38. The summed E-state index contributed by atoms with van der Waals surface area (Å²) in [6.45, 7) is 5.69. The minimum absolute atomic E-state index is 0.0178. The number of nitrogens with zero attached hydrogens (tertiary/aromatic N) is 4.